The predicted molar refractivity (Wildman–Crippen MR) is 101 cm³/mol. The van der Waals surface area contributed by atoms with Gasteiger partial charge in [0.2, 0.25) is 0 Å². The highest BCUT2D eigenvalue weighted by molar-refractivity contribution is 5.97. The van der Waals surface area contributed by atoms with E-state index in [0.29, 0.717) is 30.0 Å². The summed E-state index contributed by atoms with van der Waals surface area (Å²) in [6.45, 7) is 0.326. The number of benzene rings is 3. The van der Waals surface area contributed by atoms with E-state index < -0.39 is 0 Å². The Kier molecular flexibility index (Phi) is 4.66. The number of nitrogens with one attached hydrogen (secondary N) is 1. The summed E-state index contributed by atoms with van der Waals surface area (Å²) in [7, 11) is 0. The summed E-state index contributed by atoms with van der Waals surface area (Å²) in [5, 5.41) is 2.82. The van der Waals surface area contributed by atoms with Crippen LogP contribution in [0.2, 0.25) is 0 Å². The predicted octanol–water partition coefficient (Wildman–Crippen LogP) is 4.49. The first kappa shape index (κ1) is 17.0. The highest BCUT2D eigenvalue weighted by Crippen LogP contribution is 2.19. The molecule has 5 heteroatoms. The molecule has 1 N–H and O–H groups in total. The molecule has 1 heterocycles. The third kappa shape index (κ3) is 4.03. The van der Waals surface area contributed by atoms with Crippen LogP contribution in [0, 0.1) is 5.82 Å². The first-order valence-electron chi connectivity index (χ1n) is 8.63. The second-order valence-electron chi connectivity index (χ2n) is 6.26. The van der Waals surface area contributed by atoms with Crippen molar-refractivity contribution in [3.8, 4) is 0 Å². The minimum Gasteiger partial charge on any atom is -0.440 e. The molecular formula is C22H17FN2O2. The normalized spacial score (nSPS) is 10.9. The van der Waals surface area contributed by atoms with Gasteiger partial charge >= 0.3 is 0 Å². The van der Waals surface area contributed by atoms with Gasteiger partial charge in [0.05, 0.1) is 0 Å². The lowest BCUT2D eigenvalue weighted by Gasteiger charge is -2.05. The van der Waals surface area contributed by atoms with E-state index in [2.05, 4.69) is 10.3 Å². The fraction of sp³-hybridized carbons (Fsp3) is 0.0909. The number of oxazole rings is 1. The van der Waals surface area contributed by atoms with Crippen molar-refractivity contribution < 1.29 is 13.6 Å². The molecule has 4 rings (SSSR count). The van der Waals surface area contributed by atoms with Crippen molar-refractivity contribution in [1.29, 1.82) is 0 Å². The second-order valence-corrected chi connectivity index (χ2v) is 6.26. The summed E-state index contributed by atoms with van der Waals surface area (Å²) in [5.41, 5.74) is 3.73. The molecule has 1 amide bonds. The molecule has 4 nitrogen and oxygen atoms in total. The summed E-state index contributed by atoms with van der Waals surface area (Å²) >= 11 is 0. The molecule has 0 bridgehead atoms. The van der Waals surface area contributed by atoms with Gasteiger partial charge in [-0.1, -0.05) is 42.5 Å². The average molecular weight is 360 g/mol. The van der Waals surface area contributed by atoms with Crippen LogP contribution in [0.15, 0.2) is 77.2 Å². The number of aromatic nitrogens is 1. The van der Waals surface area contributed by atoms with E-state index in [1.165, 1.54) is 12.1 Å². The summed E-state index contributed by atoms with van der Waals surface area (Å²) in [5.74, 6) is 0.0921. The van der Waals surface area contributed by atoms with Crippen LogP contribution in [0.1, 0.15) is 27.4 Å². The van der Waals surface area contributed by atoms with Crippen molar-refractivity contribution >= 4 is 17.0 Å². The van der Waals surface area contributed by atoms with E-state index in [1.54, 1.807) is 30.3 Å². The minimum absolute atomic E-state index is 0.220. The van der Waals surface area contributed by atoms with Gasteiger partial charge in [-0.3, -0.25) is 4.79 Å². The number of carbonyl (C=O) groups is 1. The van der Waals surface area contributed by atoms with Crippen LogP contribution < -0.4 is 5.32 Å². The zero-order valence-electron chi connectivity index (χ0n) is 14.5. The van der Waals surface area contributed by atoms with Gasteiger partial charge < -0.3 is 9.73 Å². The summed E-state index contributed by atoms with van der Waals surface area (Å²) in [4.78, 5) is 16.9. The van der Waals surface area contributed by atoms with Crippen LogP contribution in [0.4, 0.5) is 4.39 Å². The van der Waals surface area contributed by atoms with E-state index in [-0.39, 0.29) is 11.7 Å². The van der Waals surface area contributed by atoms with E-state index in [1.807, 2.05) is 30.3 Å². The van der Waals surface area contributed by atoms with Crippen molar-refractivity contribution in [2.24, 2.45) is 0 Å². The fourth-order valence-corrected chi connectivity index (χ4v) is 2.85. The number of amides is 1. The Morgan fingerprint density at radius 2 is 1.74 bits per heavy atom. The number of rotatable bonds is 5. The topological polar surface area (TPSA) is 55.1 Å². The van der Waals surface area contributed by atoms with Gasteiger partial charge in [0, 0.05) is 18.5 Å². The Bertz CT molecular complexity index is 1070. The van der Waals surface area contributed by atoms with Crippen LogP contribution in [0.5, 0.6) is 0 Å². The third-order valence-corrected chi connectivity index (χ3v) is 4.26. The SMILES string of the molecule is O=C(NCc1ccc(F)cc1)c1ccc2nc(Cc3ccccc3)oc2c1. The number of hydrogen-bond acceptors (Lipinski definition) is 3. The van der Waals surface area contributed by atoms with Gasteiger partial charge in [-0.2, -0.15) is 0 Å². The first-order chi connectivity index (χ1) is 13.2. The maximum atomic E-state index is 12.9. The molecule has 0 aliphatic heterocycles. The highest BCUT2D eigenvalue weighted by atomic mass is 19.1. The summed E-state index contributed by atoms with van der Waals surface area (Å²) in [6, 6.07) is 21.2. The number of carbonyl (C=O) groups excluding carboxylic acids is 1. The maximum Gasteiger partial charge on any atom is 0.251 e. The van der Waals surface area contributed by atoms with Crippen LogP contribution in [0.25, 0.3) is 11.1 Å². The Morgan fingerprint density at radius 1 is 0.963 bits per heavy atom. The maximum absolute atomic E-state index is 12.9. The molecule has 0 unspecified atom stereocenters. The number of nitrogens with zero attached hydrogens (tertiary/aromatic N) is 1. The molecule has 0 aliphatic carbocycles. The monoisotopic (exact) mass is 360 g/mol. The second kappa shape index (κ2) is 7.41. The van der Waals surface area contributed by atoms with Crippen molar-refractivity contribution in [2.75, 3.05) is 0 Å². The van der Waals surface area contributed by atoms with E-state index in [4.69, 9.17) is 4.42 Å². The molecule has 0 saturated heterocycles. The Hall–Kier alpha value is -3.47. The van der Waals surface area contributed by atoms with E-state index >= 15 is 0 Å². The van der Waals surface area contributed by atoms with Gasteiger partial charge in [0.25, 0.3) is 5.91 Å². The quantitative estimate of drug-likeness (QED) is 0.571. The van der Waals surface area contributed by atoms with Gasteiger partial charge in [0.15, 0.2) is 11.5 Å². The number of halogens is 1. The van der Waals surface area contributed by atoms with Gasteiger partial charge in [0.1, 0.15) is 11.3 Å². The molecule has 4 aromatic rings. The smallest absolute Gasteiger partial charge is 0.251 e. The Balaban J connectivity index is 1.47. The van der Waals surface area contributed by atoms with Crippen LogP contribution in [0.3, 0.4) is 0 Å². The summed E-state index contributed by atoms with van der Waals surface area (Å²) in [6.07, 6.45) is 0.599. The Morgan fingerprint density at radius 3 is 2.52 bits per heavy atom. The summed E-state index contributed by atoms with van der Waals surface area (Å²) < 4.78 is 18.7. The van der Waals surface area contributed by atoms with Crippen LogP contribution in [-0.4, -0.2) is 10.9 Å². The fourth-order valence-electron chi connectivity index (χ4n) is 2.85. The first-order valence-corrected chi connectivity index (χ1v) is 8.63. The molecule has 1 aromatic heterocycles. The Labute approximate surface area is 155 Å². The van der Waals surface area contributed by atoms with Crippen molar-refractivity contribution in [2.45, 2.75) is 13.0 Å². The molecule has 0 spiro atoms. The highest BCUT2D eigenvalue weighted by Gasteiger charge is 2.11. The number of hydrogen-bond donors (Lipinski definition) is 1. The minimum atomic E-state index is -0.299. The molecule has 0 radical (unpaired) electrons. The van der Waals surface area contributed by atoms with E-state index in [0.717, 1.165) is 16.6 Å². The van der Waals surface area contributed by atoms with Gasteiger partial charge in [-0.05, 0) is 41.5 Å². The molecule has 0 fully saturated rings. The van der Waals surface area contributed by atoms with Crippen LogP contribution in [-0.2, 0) is 13.0 Å². The molecule has 3 aromatic carbocycles. The molecule has 0 atom stereocenters. The lowest BCUT2D eigenvalue weighted by Crippen LogP contribution is -2.22. The third-order valence-electron chi connectivity index (χ3n) is 4.26. The van der Waals surface area contributed by atoms with E-state index in [9.17, 15) is 9.18 Å². The van der Waals surface area contributed by atoms with Crippen molar-refractivity contribution in [3.63, 3.8) is 0 Å². The molecular weight excluding hydrogens is 343 g/mol. The van der Waals surface area contributed by atoms with Crippen LogP contribution >= 0.6 is 0 Å². The molecule has 0 saturated carbocycles. The average Bonchev–Trinajstić information content (AvgIpc) is 3.09. The van der Waals surface area contributed by atoms with Gasteiger partial charge in [-0.15, -0.1) is 0 Å². The largest absolute Gasteiger partial charge is 0.440 e. The van der Waals surface area contributed by atoms with Crippen molar-refractivity contribution in [3.05, 3.63) is 101 Å². The molecule has 27 heavy (non-hydrogen) atoms. The molecule has 134 valence electrons. The standard InChI is InChI=1S/C22H17FN2O2/c23-18-9-6-16(7-10-18)14-24-22(26)17-8-11-19-20(13-17)27-21(25-19)12-15-4-2-1-3-5-15/h1-11,13H,12,14H2,(H,24,26). The zero-order chi connectivity index (χ0) is 18.6. The number of fused-ring (bicyclic) bond motifs is 1. The zero-order valence-corrected chi connectivity index (χ0v) is 14.5. The lowest BCUT2D eigenvalue weighted by molar-refractivity contribution is 0.0951. The van der Waals surface area contributed by atoms with Crippen molar-refractivity contribution in [1.82, 2.24) is 10.3 Å². The molecule has 0 aliphatic rings. The lowest BCUT2D eigenvalue weighted by atomic mass is 10.1. The van der Waals surface area contributed by atoms with Gasteiger partial charge in [-0.25, -0.2) is 9.37 Å².